The number of benzene rings is 1. The molecule has 4 rings (SSSR count). The van der Waals surface area contributed by atoms with Gasteiger partial charge in [0.15, 0.2) is 0 Å². The highest BCUT2D eigenvalue weighted by Gasteiger charge is 2.57. The molecule has 7 heteroatoms. The van der Waals surface area contributed by atoms with Crippen molar-refractivity contribution in [3.8, 4) is 5.75 Å². The average Bonchev–Trinajstić information content (AvgIpc) is 3.43. The van der Waals surface area contributed by atoms with Gasteiger partial charge in [-0.25, -0.2) is 4.79 Å². The van der Waals surface area contributed by atoms with E-state index in [0.29, 0.717) is 50.3 Å². The maximum Gasteiger partial charge on any atom is 0.410 e. The van der Waals surface area contributed by atoms with E-state index in [-0.39, 0.29) is 17.6 Å². The monoisotopic (exact) mass is 416 g/mol. The summed E-state index contributed by atoms with van der Waals surface area (Å²) in [5, 5.41) is 0. The zero-order valence-corrected chi connectivity index (χ0v) is 18.4. The minimum atomic E-state index is -0.510. The van der Waals surface area contributed by atoms with Gasteiger partial charge < -0.3 is 24.0 Å². The molecule has 0 bridgehead atoms. The van der Waals surface area contributed by atoms with Gasteiger partial charge >= 0.3 is 6.09 Å². The van der Waals surface area contributed by atoms with Crippen LogP contribution in [0.5, 0.6) is 5.75 Å². The quantitative estimate of drug-likeness (QED) is 0.738. The van der Waals surface area contributed by atoms with Crippen LogP contribution in [0.4, 0.5) is 4.79 Å². The molecule has 1 aromatic rings. The molecular formula is C23H32N2O5. The Bertz CT molecular complexity index is 819. The summed E-state index contributed by atoms with van der Waals surface area (Å²) in [5.41, 5.74) is -0.572. The Labute approximate surface area is 178 Å². The van der Waals surface area contributed by atoms with Crippen molar-refractivity contribution in [1.29, 1.82) is 0 Å². The van der Waals surface area contributed by atoms with E-state index in [1.807, 2.05) is 49.9 Å². The maximum absolute atomic E-state index is 13.4. The van der Waals surface area contributed by atoms with Crippen molar-refractivity contribution in [3.63, 3.8) is 0 Å². The van der Waals surface area contributed by atoms with Gasteiger partial charge in [0.1, 0.15) is 11.4 Å². The van der Waals surface area contributed by atoms with E-state index >= 15 is 0 Å². The Morgan fingerprint density at radius 1 is 0.967 bits per heavy atom. The first kappa shape index (κ1) is 21.0. The second-order valence-electron chi connectivity index (χ2n) is 9.80. The molecule has 1 aromatic carbocycles. The predicted molar refractivity (Wildman–Crippen MR) is 112 cm³/mol. The maximum atomic E-state index is 13.4. The second-order valence-corrected chi connectivity index (χ2v) is 9.80. The largest absolute Gasteiger partial charge is 0.496 e. The lowest BCUT2D eigenvalue weighted by Gasteiger charge is -2.50. The van der Waals surface area contributed by atoms with Crippen LogP contribution in [0.25, 0.3) is 0 Å². The molecule has 30 heavy (non-hydrogen) atoms. The number of likely N-dealkylation sites (tertiary alicyclic amines) is 1. The van der Waals surface area contributed by atoms with Crippen molar-refractivity contribution in [2.45, 2.75) is 63.3 Å². The summed E-state index contributed by atoms with van der Waals surface area (Å²) in [7, 11) is 1.59. The molecule has 1 aliphatic carbocycles. The normalized spacial score (nSPS) is 22.1. The molecule has 2 aliphatic heterocycles. The van der Waals surface area contributed by atoms with Gasteiger partial charge in [0.2, 0.25) is 0 Å². The molecule has 2 spiro atoms. The number of morpholine rings is 1. The second kappa shape index (κ2) is 7.45. The molecule has 2 saturated heterocycles. The van der Waals surface area contributed by atoms with Crippen LogP contribution in [-0.4, -0.2) is 71.9 Å². The highest BCUT2D eigenvalue weighted by atomic mass is 16.6. The lowest BCUT2D eigenvalue weighted by Crippen LogP contribution is -2.62. The van der Waals surface area contributed by atoms with Crippen LogP contribution in [0.15, 0.2) is 24.3 Å². The van der Waals surface area contributed by atoms with Gasteiger partial charge in [-0.15, -0.1) is 0 Å². The van der Waals surface area contributed by atoms with E-state index in [0.717, 1.165) is 12.8 Å². The first-order valence-corrected chi connectivity index (χ1v) is 10.7. The smallest absolute Gasteiger partial charge is 0.410 e. The summed E-state index contributed by atoms with van der Waals surface area (Å²) in [6.45, 7) is 7.91. The van der Waals surface area contributed by atoms with Crippen molar-refractivity contribution < 1.29 is 23.8 Å². The number of para-hydroxylation sites is 1. The Morgan fingerprint density at radius 3 is 2.13 bits per heavy atom. The Kier molecular flexibility index (Phi) is 5.21. The summed E-state index contributed by atoms with van der Waals surface area (Å²) in [6.07, 6.45) is 3.06. The molecule has 0 unspecified atom stereocenters. The molecule has 164 valence electrons. The molecule has 3 fully saturated rings. The van der Waals surface area contributed by atoms with Crippen LogP contribution in [0.1, 0.15) is 56.8 Å². The number of piperidine rings is 1. The van der Waals surface area contributed by atoms with Crippen LogP contribution in [-0.2, 0) is 9.47 Å². The summed E-state index contributed by atoms with van der Waals surface area (Å²) in [4.78, 5) is 29.5. The number of hydrogen-bond acceptors (Lipinski definition) is 5. The average molecular weight is 417 g/mol. The molecule has 7 nitrogen and oxygen atoms in total. The predicted octanol–water partition coefficient (Wildman–Crippen LogP) is 3.47. The molecule has 0 aromatic heterocycles. The highest BCUT2D eigenvalue weighted by Crippen LogP contribution is 2.49. The van der Waals surface area contributed by atoms with Crippen molar-refractivity contribution in [2.24, 2.45) is 0 Å². The van der Waals surface area contributed by atoms with Crippen molar-refractivity contribution in [2.75, 3.05) is 33.3 Å². The fourth-order valence-corrected chi connectivity index (χ4v) is 4.49. The first-order valence-electron chi connectivity index (χ1n) is 10.7. The third-order valence-corrected chi connectivity index (χ3v) is 6.15. The number of ether oxygens (including phenoxy) is 3. The number of amides is 2. The summed E-state index contributed by atoms with van der Waals surface area (Å²) in [6, 6.07) is 7.35. The fourth-order valence-electron chi connectivity index (χ4n) is 4.49. The van der Waals surface area contributed by atoms with Crippen molar-refractivity contribution >= 4 is 12.0 Å². The molecule has 0 N–H and O–H groups in total. The van der Waals surface area contributed by atoms with E-state index in [9.17, 15) is 9.59 Å². The van der Waals surface area contributed by atoms with Crippen molar-refractivity contribution in [1.82, 2.24) is 9.80 Å². The van der Waals surface area contributed by atoms with Gasteiger partial charge in [0, 0.05) is 13.1 Å². The molecule has 3 aliphatic rings. The third-order valence-electron chi connectivity index (χ3n) is 6.15. The van der Waals surface area contributed by atoms with Gasteiger partial charge in [-0.3, -0.25) is 4.79 Å². The van der Waals surface area contributed by atoms with Gasteiger partial charge in [-0.2, -0.15) is 0 Å². The highest BCUT2D eigenvalue weighted by molar-refractivity contribution is 5.97. The first-order chi connectivity index (χ1) is 14.1. The van der Waals surface area contributed by atoms with E-state index in [2.05, 4.69) is 0 Å². The SMILES string of the molecule is COc1ccccc1C(=O)N1CC2(CCN(C(=O)OC(C)(C)C)CC2)OC2(CC2)C1. The number of nitrogens with zero attached hydrogens (tertiary/aromatic N) is 2. The van der Waals surface area contributed by atoms with Crippen LogP contribution in [0.3, 0.4) is 0 Å². The van der Waals surface area contributed by atoms with E-state index in [1.54, 1.807) is 12.0 Å². The van der Waals surface area contributed by atoms with Crippen molar-refractivity contribution in [3.05, 3.63) is 29.8 Å². The topological polar surface area (TPSA) is 68.3 Å². The number of carbonyl (C=O) groups is 2. The number of methoxy groups -OCH3 is 1. The zero-order valence-electron chi connectivity index (χ0n) is 18.4. The molecule has 0 atom stereocenters. The van der Waals surface area contributed by atoms with Gasteiger partial charge in [-0.1, -0.05) is 12.1 Å². The van der Waals surface area contributed by atoms with Crippen LogP contribution >= 0.6 is 0 Å². The number of hydrogen-bond donors (Lipinski definition) is 0. The Morgan fingerprint density at radius 2 is 1.57 bits per heavy atom. The molecule has 0 radical (unpaired) electrons. The molecule has 1 saturated carbocycles. The summed E-state index contributed by atoms with van der Waals surface area (Å²) >= 11 is 0. The minimum absolute atomic E-state index is 0.0176. The fraction of sp³-hybridized carbons (Fsp3) is 0.652. The van der Waals surface area contributed by atoms with Crippen LogP contribution in [0.2, 0.25) is 0 Å². The molecular weight excluding hydrogens is 384 g/mol. The van der Waals surface area contributed by atoms with Gasteiger partial charge in [0.25, 0.3) is 5.91 Å². The number of rotatable bonds is 2. The lowest BCUT2D eigenvalue weighted by atomic mass is 9.88. The third kappa shape index (κ3) is 4.26. The Hall–Kier alpha value is -2.28. The van der Waals surface area contributed by atoms with Crippen LogP contribution < -0.4 is 4.74 Å². The van der Waals surface area contributed by atoms with E-state index in [4.69, 9.17) is 14.2 Å². The Balaban J connectivity index is 1.48. The van der Waals surface area contributed by atoms with Gasteiger partial charge in [-0.05, 0) is 58.6 Å². The summed E-state index contributed by atoms with van der Waals surface area (Å²) < 4.78 is 17.5. The number of carbonyl (C=O) groups excluding carboxylic acids is 2. The minimum Gasteiger partial charge on any atom is -0.496 e. The van der Waals surface area contributed by atoms with E-state index < -0.39 is 11.2 Å². The van der Waals surface area contributed by atoms with Crippen LogP contribution in [0, 0.1) is 0 Å². The lowest BCUT2D eigenvalue weighted by molar-refractivity contribution is -0.178. The zero-order chi connectivity index (χ0) is 21.6. The van der Waals surface area contributed by atoms with Gasteiger partial charge in [0.05, 0.1) is 37.0 Å². The standard InChI is InChI=1S/C23H32N2O5/c1-21(2,3)29-20(27)24-13-11-23(12-14-24)16-25(15-22(30-23)9-10-22)19(26)17-7-5-6-8-18(17)28-4/h5-8H,9-16H2,1-4H3. The molecule has 2 heterocycles. The molecule has 2 amide bonds. The summed E-state index contributed by atoms with van der Waals surface area (Å²) in [5.74, 6) is 0.573. The van der Waals surface area contributed by atoms with E-state index in [1.165, 1.54) is 0 Å².